The smallest absolute Gasteiger partial charge is 0.336 e. The van der Waals surface area contributed by atoms with Gasteiger partial charge in [0.2, 0.25) is 0 Å². The molecule has 1 aromatic rings. The SMILES string of the molecule is CCOC(=O)C1C(=CCl)NC(C)=C(C(=O)OC)C1c1cccc([N+](=O)[O-])c1. The monoisotopic (exact) mass is 394 g/mol. The molecule has 0 saturated heterocycles. The van der Waals surface area contributed by atoms with Gasteiger partial charge in [0.1, 0.15) is 5.92 Å². The second kappa shape index (κ2) is 8.68. The Morgan fingerprint density at radius 2 is 2.11 bits per heavy atom. The molecule has 0 radical (unpaired) electrons. The third-order valence-electron chi connectivity index (χ3n) is 4.22. The molecule has 8 nitrogen and oxygen atoms in total. The molecule has 1 N–H and O–H groups in total. The summed E-state index contributed by atoms with van der Waals surface area (Å²) >= 11 is 5.90. The number of carbonyl (C=O) groups is 2. The van der Waals surface area contributed by atoms with E-state index in [0.717, 1.165) is 0 Å². The molecule has 1 heterocycles. The standard InChI is InChI=1S/C18H19ClN2O6/c1-4-27-18(23)16-13(9-19)20-10(2)14(17(22)26-3)15(16)11-6-5-7-12(8-11)21(24)25/h5-9,15-16,20H,4H2,1-3H3. The molecular weight excluding hydrogens is 376 g/mol. The quantitative estimate of drug-likeness (QED) is 0.464. The van der Waals surface area contributed by atoms with E-state index in [4.69, 9.17) is 21.1 Å². The number of hydrogen-bond acceptors (Lipinski definition) is 7. The molecule has 0 aliphatic carbocycles. The summed E-state index contributed by atoms with van der Waals surface area (Å²) < 4.78 is 10.0. The Morgan fingerprint density at radius 1 is 1.41 bits per heavy atom. The summed E-state index contributed by atoms with van der Waals surface area (Å²) in [5.74, 6) is -3.10. The van der Waals surface area contributed by atoms with Gasteiger partial charge in [-0.1, -0.05) is 23.7 Å². The average Bonchev–Trinajstić information content (AvgIpc) is 2.66. The molecule has 2 atom stereocenters. The van der Waals surface area contributed by atoms with Crippen molar-refractivity contribution in [1.29, 1.82) is 0 Å². The zero-order valence-electron chi connectivity index (χ0n) is 15.0. The summed E-state index contributed by atoms with van der Waals surface area (Å²) in [4.78, 5) is 35.7. The maximum Gasteiger partial charge on any atom is 0.336 e. The number of methoxy groups -OCH3 is 1. The molecule has 9 heteroatoms. The van der Waals surface area contributed by atoms with Crippen LogP contribution in [0.25, 0.3) is 0 Å². The number of rotatable bonds is 5. The van der Waals surface area contributed by atoms with Crippen molar-refractivity contribution in [2.45, 2.75) is 19.8 Å². The normalized spacial score (nSPS) is 20.8. The van der Waals surface area contributed by atoms with Crippen LogP contribution in [-0.2, 0) is 19.1 Å². The number of benzene rings is 1. The van der Waals surface area contributed by atoms with Crippen LogP contribution in [0.4, 0.5) is 5.69 Å². The number of carbonyl (C=O) groups excluding carboxylic acids is 2. The van der Waals surface area contributed by atoms with Crippen molar-refractivity contribution in [2.24, 2.45) is 5.92 Å². The van der Waals surface area contributed by atoms with E-state index in [1.54, 1.807) is 19.9 Å². The van der Waals surface area contributed by atoms with E-state index >= 15 is 0 Å². The van der Waals surface area contributed by atoms with Gasteiger partial charge >= 0.3 is 11.9 Å². The molecule has 2 rings (SSSR count). The van der Waals surface area contributed by atoms with E-state index in [1.165, 1.54) is 30.8 Å². The maximum atomic E-state index is 12.7. The van der Waals surface area contributed by atoms with Gasteiger partial charge < -0.3 is 14.8 Å². The van der Waals surface area contributed by atoms with Crippen LogP contribution in [-0.4, -0.2) is 30.6 Å². The molecule has 2 unspecified atom stereocenters. The first-order valence-electron chi connectivity index (χ1n) is 8.13. The lowest BCUT2D eigenvalue weighted by Gasteiger charge is -2.35. The number of nitro benzene ring substituents is 1. The highest BCUT2D eigenvalue weighted by atomic mass is 35.5. The predicted molar refractivity (Wildman–Crippen MR) is 97.7 cm³/mol. The van der Waals surface area contributed by atoms with Crippen LogP contribution in [0.2, 0.25) is 0 Å². The van der Waals surface area contributed by atoms with Crippen LogP contribution in [0.3, 0.4) is 0 Å². The van der Waals surface area contributed by atoms with Crippen LogP contribution in [0, 0.1) is 16.0 Å². The third-order valence-corrected chi connectivity index (χ3v) is 4.45. The molecule has 0 aromatic heterocycles. The van der Waals surface area contributed by atoms with E-state index < -0.39 is 28.7 Å². The van der Waals surface area contributed by atoms with Crippen molar-refractivity contribution in [1.82, 2.24) is 5.32 Å². The molecule has 1 aliphatic rings. The Bertz CT molecular complexity index is 833. The highest BCUT2D eigenvalue weighted by Gasteiger charge is 2.43. The Morgan fingerprint density at radius 3 is 2.67 bits per heavy atom. The van der Waals surface area contributed by atoms with Crippen molar-refractivity contribution in [3.8, 4) is 0 Å². The van der Waals surface area contributed by atoms with Crippen molar-refractivity contribution < 1.29 is 24.0 Å². The number of halogens is 1. The van der Waals surface area contributed by atoms with Crippen molar-refractivity contribution in [3.63, 3.8) is 0 Å². The first kappa shape index (κ1) is 20.4. The summed E-state index contributed by atoms with van der Waals surface area (Å²) in [7, 11) is 1.22. The van der Waals surface area contributed by atoms with Gasteiger partial charge in [-0.05, 0) is 19.4 Å². The van der Waals surface area contributed by atoms with Gasteiger partial charge in [0.15, 0.2) is 0 Å². The minimum atomic E-state index is -0.984. The van der Waals surface area contributed by atoms with Gasteiger partial charge in [-0.2, -0.15) is 0 Å². The summed E-state index contributed by atoms with van der Waals surface area (Å²) in [5.41, 5.74) is 2.39. The van der Waals surface area contributed by atoms with E-state index in [9.17, 15) is 19.7 Å². The molecular formula is C18H19ClN2O6. The van der Waals surface area contributed by atoms with E-state index in [2.05, 4.69) is 5.32 Å². The highest BCUT2D eigenvalue weighted by molar-refractivity contribution is 6.26. The number of non-ortho nitro benzene ring substituents is 1. The molecule has 1 aromatic carbocycles. The third kappa shape index (κ3) is 4.11. The fourth-order valence-electron chi connectivity index (χ4n) is 3.11. The predicted octanol–water partition coefficient (Wildman–Crippen LogP) is 2.99. The Balaban J connectivity index is 2.73. The second-order valence-corrected chi connectivity index (χ2v) is 6.00. The molecule has 1 aliphatic heterocycles. The number of allylic oxidation sites excluding steroid dienone is 1. The molecule has 0 amide bonds. The van der Waals surface area contributed by atoms with E-state index in [0.29, 0.717) is 17.0 Å². The van der Waals surface area contributed by atoms with Crippen LogP contribution in [0.1, 0.15) is 25.3 Å². The Labute approximate surface area is 160 Å². The second-order valence-electron chi connectivity index (χ2n) is 5.78. The summed E-state index contributed by atoms with van der Waals surface area (Å²) in [6.07, 6.45) is 0. The number of nitrogens with zero attached hydrogens (tertiary/aromatic N) is 1. The molecule has 0 saturated carbocycles. The van der Waals surface area contributed by atoms with Crippen molar-refractivity contribution in [3.05, 3.63) is 62.4 Å². The van der Waals surface area contributed by atoms with Crippen LogP contribution in [0.15, 0.2) is 46.8 Å². The number of esters is 2. The van der Waals surface area contributed by atoms with Crippen LogP contribution >= 0.6 is 11.6 Å². The lowest BCUT2D eigenvalue weighted by atomic mass is 9.75. The van der Waals surface area contributed by atoms with Gasteiger partial charge in [0.25, 0.3) is 5.69 Å². The highest BCUT2D eigenvalue weighted by Crippen LogP contribution is 2.42. The van der Waals surface area contributed by atoms with Crippen molar-refractivity contribution >= 4 is 29.2 Å². The van der Waals surface area contributed by atoms with Crippen molar-refractivity contribution in [2.75, 3.05) is 13.7 Å². The summed E-state index contributed by atoms with van der Waals surface area (Å²) in [6.45, 7) is 3.42. The average molecular weight is 395 g/mol. The minimum Gasteiger partial charge on any atom is -0.466 e. The fraction of sp³-hybridized carbons (Fsp3) is 0.333. The first-order chi connectivity index (χ1) is 12.8. The molecule has 0 bridgehead atoms. The summed E-state index contributed by atoms with van der Waals surface area (Å²) in [5, 5.41) is 14.1. The van der Waals surface area contributed by atoms with E-state index in [-0.39, 0.29) is 17.9 Å². The number of ether oxygens (including phenoxy) is 2. The zero-order valence-corrected chi connectivity index (χ0v) is 15.8. The number of nitro groups is 1. The van der Waals surface area contributed by atoms with Gasteiger partial charge in [0, 0.05) is 35.0 Å². The van der Waals surface area contributed by atoms with E-state index in [1.807, 2.05) is 0 Å². The first-order valence-corrected chi connectivity index (χ1v) is 8.56. The molecule has 0 fully saturated rings. The Kier molecular flexibility index (Phi) is 6.57. The Hall–Kier alpha value is -2.87. The maximum absolute atomic E-state index is 12.7. The largest absolute Gasteiger partial charge is 0.466 e. The fourth-order valence-corrected chi connectivity index (χ4v) is 3.30. The zero-order chi connectivity index (χ0) is 20.1. The van der Waals surface area contributed by atoms with Crippen LogP contribution in [0.5, 0.6) is 0 Å². The lowest BCUT2D eigenvalue weighted by Crippen LogP contribution is -2.40. The van der Waals surface area contributed by atoms with Gasteiger partial charge in [-0.25, -0.2) is 4.79 Å². The molecule has 27 heavy (non-hydrogen) atoms. The summed E-state index contributed by atoms with van der Waals surface area (Å²) in [6, 6.07) is 5.75. The molecule has 144 valence electrons. The molecule has 0 spiro atoms. The lowest BCUT2D eigenvalue weighted by molar-refractivity contribution is -0.384. The topological polar surface area (TPSA) is 108 Å². The van der Waals surface area contributed by atoms with Crippen LogP contribution < -0.4 is 5.32 Å². The minimum absolute atomic E-state index is 0.128. The van der Waals surface area contributed by atoms with Gasteiger partial charge in [-0.15, -0.1) is 0 Å². The van der Waals surface area contributed by atoms with Gasteiger partial charge in [-0.3, -0.25) is 14.9 Å². The van der Waals surface area contributed by atoms with Gasteiger partial charge in [0.05, 0.1) is 24.2 Å². The number of nitrogens with one attached hydrogen (secondary N) is 1. The number of hydrogen-bond donors (Lipinski definition) is 1.